The largest absolute Gasteiger partial charge is 0.351 e. The van der Waals surface area contributed by atoms with Crippen LogP contribution >= 0.6 is 0 Å². The lowest BCUT2D eigenvalue weighted by Gasteiger charge is -2.21. The van der Waals surface area contributed by atoms with E-state index >= 15 is 0 Å². The standard InChI is InChI=1S/C20H27N3O3S/c1-4-23(16-17-9-6-5-7-10-17)27(25,26)19-12-8-11-18(15-19)20(24)21-13-14-22(2)3/h5-12,15H,4,13-14,16H2,1-3H3,(H,21,24). The maximum atomic E-state index is 13.0. The Kier molecular flexibility index (Phi) is 7.53. The molecule has 0 atom stereocenters. The first-order valence-corrected chi connectivity index (χ1v) is 10.4. The lowest BCUT2D eigenvalue weighted by atomic mass is 10.2. The van der Waals surface area contributed by atoms with Gasteiger partial charge in [-0.15, -0.1) is 0 Å². The molecule has 0 saturated heterocycles. The van der Waals surface area contributed by atoms with Crippen LogP contribution in [0.5, 0.6) is 0 Å². The average Bonchev–Trinajstić information content (AvgIpc) is 2.66. The molecule has 0 spiro atoms. The molecule has 0 unspecified atom stereocenters. The van der Waals surface area contributed by atoms with Crippen molar-refractivity contribution in [3.63, 3.8) is 0 Å². The number of likely N-dealkylation sites (N-methyl/N-ethyl adjacent to an activating group) is 1. The number of hydrogen-bond acceptors (Lipinski definition) is 4. The van der Waals surface area contributed by atoms with Gasteiger partial charge in [-0.1, -0.05) is 43.3 Å². The zero-order valence-corrected chi connectivity index (χ0v) is 16.9. The highest BCUT2D eigenvalue weighted by molar-refractivity contribution is 7.89. The van der Waals surface area contributed by atoms with Gasteiger partial charge in [0, 0.05) is 31.7 Å². The molecular formula is C20H27N3O3S. The molecule has 0 aromatic heterocycles. The first-order valence-electron chi connectivity index (χ1n) is 8.91. The minimum Gasteiger partial charge on any atom is -0.351 e. The third kappa shape index (κ3) is 5.89. The number of benzene rings is 2. The van der Waals surface area contributed by atoms with Crippen LogP contribution in [0.25, 0.3) is 0 Å². The molecule has 0 radical (unpaired) electrons. The maximum absolute atomic E-state index is 13.0. The van der Waals surface area contributed by atoms with E-state index in [1.54, 1.807) is 19.1 Å². The summed E-state index contributed by atoms with van der Waals surface area (Å²) >= 11 is 0. The van der Waals surface area contributed by atoms with Crippen molar-refractivity contribution in [2.45, 2.75) is 18.4 Å². The van der Waals surface area contributed by atoms with Gasteiger partial charge in [0.25, 0.3) is 5.91 Å². The molecule has 0 aliphatic rings. The minimum atomic E-state index is -3.69. The number of amides is 1. The second-order valence-electron chi connectivity index (χ2n) is 6.50. The van der Waals surface area contributed by atoms with Crippen molar-refractivity contribution >= 4 is 15.9 Å². The average molecular weight is 390 g/mol. The molecular weight excluding hydrogens is 362 g/mol. The summed E-state index contributed by atoms with van der Waals surface area (Å²) in [5.74, 6) is -0.278. The molecule has 1 amide bonds. The Morgan fingerprint density at radius 1 is 1.04 bits per heavy atom. The Labute approximate surface area is 161 Å². The number of nitrogens with zero attached hydrogens (tertiary/aromatic N) is 2. The summed E-state index contributed by atoms with van der Waals surface area (Å²) in [4.78, 5) is 14.4. The Balaban J connectivity index is 2.18. The molecule has 2 rings (SSSR count). The summed E-state index contributed by atoms with van der Waals surface area (Å²) in [5.41, 5.74) is 1.26. The molecule has 2 aromatic carbocycles. The van der Waals surface area contributed by atoms with Gasteiger partial charge in [0.2, 0.25) is 10.0 Å². The van der Waals surface area contributed by atoms with Crippen molar-refractivity contribution < 1.29 is 13.2 Å². The van der Waals surface area contributed by atoms with Crippen LogP contribution in [0.15, 0.2) is 59.5 Å². The first kappa shape index (κ1) is 21.1. The highest BCUT2D eigenvalue weighted by atomic mass is 32.2. The summed E-state index contributed by atoms with van der Waals surface area (Å²) < 4.78 is 27.5. The molecule has 0 saturated carbocycles. The monoisotopic (exact) mass is 389 g/mol. The molecule has 6 nitrogen and oxygen atoms in total. The fourth-order valence-corrected chi connectivity index (χ4v) is 4.08. The fourth-order valence-electron chi connectivity index (χ4n) is 2.60. The van der Waals surface area contributed by atoms with Crippen LogP contribution in [0, 0.1) is 0 Å². The quantitative estimate of drug-likeness (QED) is 0.714. The van der Waals surface area contributed by atoms with Crippen molar-refractivity contribution in [3.8, 4) is 0 Å². The van der Waals surface area contributed by atoms with E-state index in [4.69, 9.17) is 0 Å². The number of carbonyl (C=O) groups is 1. The van der Waals surface area contributed by atoms with Gasteiger partial charge in [-0.2, -0.15) is 4.31 Å². The summed E-state index contributed by atoms with van der Waals surface area (Å²) in [6.45, 7) is 3.65. The third-order valence-electron chi connectivity index (χ3n) is 4.13. The summed E-state index contributed by atoms with van der Waals surface area (Å²) in [7, 11) is 0.150. The van der Waals surface area contributed by atoms with Gasteiger partial charge in [0.05, 0.1) is 4.90 Å². The van der Waals surface area contributed by atoms with Crippen LogP contribution in [-0.4, -0.2) is 57.3 Å². The van der Waals surface area contributed by atoms with Crippen molar-refractivity contribution in [2.75, 3.05) is 33.7 Å². The van der Waals surface area contributed by atoms with Crippen LogP contribution < -0.4 is 5.32 Å². The zero-order valence-electron chi connectivity index (χ0n) is 16.1. The van der Waals surface area contributed by atoms with Gasteiger partial charge < -0.3 is 10.2 Å². The summed E-state index contributed by atoms with van der Waals surface area (Å²) in [6, 6.07) is 15.6. The van der Waals surface area contributed by atoms with Gasteiger partial charge in [0.15, 0.2) is 0 Å². The van der Waals surface area contributed by atoms with E-state index < -0.39 is 10.0 Å². The lowest BCUT2D eigenvalue weighted by Crippen LogP contribution is -2.32. The van der Waals surface area contributed by atoms with Crippen molar-refractivity contribution in [3.05, 3.63) is 65.7 Å². The van der Waals surface area contributed by atoms with E-state index in [9.17, 15) is 13.2 Å². The number of sulfonamides is 1. The van der Waals surface area contributed by atoms with Crippen molar-refractivity contribution in [2.24, 2.45) is 0 Å². The molecule has 0 aliphatic heterocycles. The van der Waals surface area contributed by atoms with E-state index in [2.05, 4.69) is 5.32 Å². The van der Waals surface area contributed by atoms with Crippen LogP contribution in [0.4, 0.5) is 0 Å². The molecule has 0 aliphatic carbocycles. The smallest absolute Gasteiger partial charge is 0.251 e. The first-order chi connectivity index (χ1) is 12.8. The second kappa shape index (κ2) is 9.64. The number of hydrogen-bond donors (Lipinski definition) is 1. The van der Waals surface area contributed by atoms with E-state index in [0.717, 1.165) is 5.56 Å². The molecule has 146 valence electrons. The van der Waals surface area contributed by atoms with Gasteiger partial charge >= 0.3 is 0 Å². The number of carbonyl (C=O) groups excluding carboxylic acids is 1. The zero-order chi connectivity index (χ0) is 19.9. The molecule has 7 heteroatoms. The SMILES string of the molecule is CCN(Cc1ccccc1)S(=O)(=O)c1cccc(C(=O)NCCN(C)C)c1. The number of rotatable bonds is 9. The van der Waals surface area contributed by atoms with E-state index in [0.29, 0.717) is 31.7 Å². The van der Waals surface area contributed by atoms with Gasteiger partial charge in [-0.05, 0) is 37.9 Å². The van der Waals surface area contributed by atoms with E-state index in [1.165, 1.54) is 16.4 Å². The highest BCUT2D eigenvalue weighted by Crippen LogP contribution is 2.19. The predicted molar refractivity (Wildman–Crippen MR) is 107 cm³/mol. The Bertz CT molecular complexity index is 852. The molecule has 1 N–H and O–H groups in total. The van der Waals surface area contributed by atoms with Crippen molar-refractivity contribution in [1.82, 2.24) is 14.5 Å². The normalized spacial score (nSPS) is 11.7. The van der Waals surface area contributed by atoms with E-state index in [1.807, 2.05) is 49.3 Å². The van der Waals surface area contributed by atoms with Crippen LogP contribution in [-0.2, 0) is 16.6 Å². The summed E-state index contributed by atoms with van der Waals surface area (Å²) in [5, 5.41) is 2.80. The summed E-state index contributed by atoms with van der Waals surface area (Å²) in [6.07, 6.45) is 0. The molecule has 0 fully saturated rings. The lowest BCUT2D eigenvalue weighted by molar-refractivity contribution is 0.0951. The van der Waals surface area contributed by atoms with Crippen LogP contribution in [0.1, 0.15) is 22.8 Å². The Hall–Kier alpha value is -2.22. The van der Waals surface area contributed by atoms with Crippen LogP contribution in [0.3, 0.4) is 0 Å². The van der Waals surface area contributed by atoms with Gasteiger partial charge in [-0.25, -0.2) is 8.42 Å². The number of nitrogens with one attached hydrogen (secondary N) is 1. The van der Waals surface area contributed by atoms with E-state index in [-0.39, 0.29) is 10.8 Å². The predicted octanol–water partition coefficient (Wildman–Crippen LogP) is 2.19. The third-order valence-corrected chi connectivity index (χ3v) is 6.05. The fraction of sp³-hybridized carbons (Fsp3) is 0.350. The van der Waals surface area contributed by atoms with Crippen LogP contribution in [0.2, 0.25) is 0 Å². The Morgan fingerprint density at radius 3 is 2.37 bits per heavy atom. The van der Waals surface area contributed by atoms with Gasteiger partial charge in [0.1, 0.15) is 0 Å². The molecule has 27 heavy (non-hydrogen) atoms. The maximum Gasteiger partial charge on any atom is 0.251 e. The molecule has 0 heterocycles. The Morgan fingerprint density at radius 2 is 1.74 bits per heavy atom. The van der Waals surface area contributed by atoms with Crippen molar-refractivity contribution in [1.29, 1.82) is 0 Å². The minimum absolute atomic E-state index is 0.126. The molecule has 2 aromatic rings. The molecule has 0 bridgehead atoms. The van der Waals surface area contributed by atoms with Gasteiger partial charge in [-0.3, -0.25) is 4.79 Å². The topological polar surface area (TPSA) is 69.7 Å². The second-order valence-corrected chi connectivity index (χ2v) is 8.44. The highest BCUT2D eigenvalue weighted by Gasteiger charge is 2.24.